The highest BCUT2D eigenvalue weighted by atomic mass is 16.5. The standard InChI is InChI=1S/C24H27N3O4/c1-15-13-20(15)21-10-9-19(30-21)14-27(17-5-6-17)23(28)12-11-22-25-24(26-31-22)16-3-7-18(29-2)8-4-16/h3-4,7-10,15,17,20H,5-6,11-14H2,1-2H3. The first-order valence-corrected chi connectivity index (χ1v) is 11.0. The van der Waals surface area contributed by atoms with Gasteiger partial charge in [-0.05, 0) is 61.6 Å². The Morgan fingerprint density at radius 2 is 1.97 bits per heavy atom. The summed E-state index contributed by atoms with van der Waals surface area (Å²) < 4.78 is 16.6. The summed E-state index contributed by atoms with van der Waals surface area (Å²) in [6, 6.07) is 11.9. The van der Waals surface area contributed by atoms with Crippen LogP contribution in [0.2, 0.25) is 0 Å². The van der Waals surface area contributed by atoms with E-state index in [0.29, 0.717) is 49.0 Å². The number of hydrogen-bond donors (Lipinski definition) is 0. The third-order valence-corrected chi connectivity index (χ3v) is 6.16. The topological polar surface area (TPSA) is 81.6 Å². The van der Waals surface area contributed by atoms with Crippen LogP contribution in [0.5, 0.6) is 5.75 Å². The molecule has 3 aromatic rings. The lowest BCUT2D eigenvalue weighted by Crippen LogP contribution is -2.32. The van der Waals surface area contributed by atoms with E-state index in [-0.39, 0.29) is 5.91 Å². The fraction of sp³-hybridized carbons (Fsp3) is 0.458. The van der Waals surface area contributed by atoms with Gasteiger partial charge in [0.25, 0.3) is 0 Å². The molecule has 2 saturated carbocycles. The van der Waals surface area contributed by atoms with Crippen LogP contribution in [-0.4, -0.2) is 34.1 Å². The smallest absolute Gasteiger partial charge is 0.227 e. The molecule has 0 spiro atoms. The molecule has 0 N–H and O–H groups in total. The van der Waals surface area contributed by atoms with Gasteiger partial charge in [-0.2, -0.15) is 4.98 Å². The van der Waals surface area contributed by atoms with Gasteiger partial charge in [-0.25, -0.2) is 0 Å². The van der Waals surface area contributed by atoms with Crippen LogP contribution < -0.4 is 4.74 Å². The molecule has 7 nitrogen and oxygen atoms in total. The predicted molar refractivity (Wildman–Crippen MR) is 113 cm³/mol. The highest BCUT2D eigenvalue weighted by molar-refractivity contribution is 5.77. The summed E-state index contributed by atoms with van der Waals surface area (Å²) in [5.41, 5.74) is 0.848. The van der Waals surface area contributed by atoms with Crippen molar-refractivity contribution in [2.75, 3.05) is 7.11 Å². The number of carbonyl (C=O) groups excluding carboxylic acids is 1. The van der Waals surface area contributed by atoms with Crippen LogP contribution in [0.25, 0.3) is 11.4 Å². The Morgan fingerprint density at radius 3 is 2.65 bits per heavy atom. The minimum Gasteiger partial charge on any atom is -0.497 e. The SMILES string of the molecule is COc1ccc(-c2noc(CCC(=O)N(Cc3ccc(C4CC4C)o3)C3CC3)n2)cc1. The lowest BCUT2D eigenvalue weighted by atomic mass is 10.2. The summed E-state index contributed by atoms with van der Waals surface area (Å²) >= 11 is 0. The van der Waals surface area contributed by atoms with Crippen molar-refractivity contribution in [1.82, 2.24) is 15.0 Å². The Hall–Kier alpha value is -3.09. The number of aromatic nitrogens is 2. The molecule has 5 rings (SSSR count). The lowest BCUT2D eigenvalue weighted by Gasteiger charge is -2.21. The van der Waals surface area contributed by atoms with E-state index < -0.39 is 0 Å². The minimum absolute atomic E-state index is 0.101. The number of aryl methyl sites for hydroxylation is 1. The highest BCUT2D eigenvalue weighted by Gasteiger charge is 2.37. The molecular weight excluding hydrogens is 394 g/mol. The van der Waals surface area contributed by atoms with Crippen molar-refractivity contribution < 1.29 is 18.5 Å². The maximum atomic E-state index is 12.9. The number of methoxy groups -OCH3 is 1. The molecule has 0 radical (unpaired) electrons. The molecule has 2 unspecified atom stereocenters. The number of carbonyl (C=O) groups is 1. The first kappa shape index (κ1) is 19.8. The second kappa shape index (κ2) is 8.21. The Bertz CT molecular complexity index is 1050. The van der Waals surface area contributed by atoms with E-state index in [1.165, 1.54) is 6.42 Å². The van der Waals surface area contributed by atoms with Crippen molar-refractivity contribution in [3.63, 3.8) is 0 Å². The molecule has 0 bridgehead atoms. The number of rotatable bonds is 9. The van der Waals surface area contributed by atoms with Gasteiger partial charge in [0, 0.05) is 30.4 Å². The van der Waals surface area contributed by atoms with Crippen molar-refractivity contribution >= 4 is 5.91 Å². The maximum absolute atomic E-state index is 12.9. The molecule has 2 atom stereocenters. The Balaban J connectivity index is 1.19. The van der Waals surface area contributed by atoms with Crippen molar-refractivity contribution in [1.29, 1.82) is 0 Å². The molecule has 1 amide bonds. The Labute approximate surface area is 181 Å². The fourth-order valence-corrected chi connectivity index (χ4v) is 3.94. The molecule has 2 fully saturated rings. The van der Waals surface area contributed by atoms with Crippen LogP contribution in [0.15, 0.2) is 45.3 Å². The van der Waals surface area contributed by atoms with E-state index in [9.17, 15) is 4.79 Å². The quantitative estimate of drug-likeness (QED) is 0.503. The molecule has 2 aromatic heterocycles. The zero-order valence-electron chi connectivity index (χ0n) is 17.9. The van der Waals surface area contributed by atoms with Gasteiger partial charge in [0.15, 0.2) is 0 Å². The molecule has 2 aliphatic carbocycles. The fourth-order valence-electron chi connectivity index (χ4n) is 3.94. The second-order valence-corrected chi connectivity index (χ2v) is 8.62. The molecule has 162 valence electrons. The van der Waals surface area contributed by atoms with E-state index in [2.05, 4.69) is 23.1 Å². The van der Waals surface area contributed by atoms with Crippen molar-refractivity contribution in [3.05, 3.63) is 53.8 Å². The number of ether oxygens (including phenoxy) is 1. The average molecular weight is 421 g/mol. The molecule has 2 heterocycles. The van der Waals surface area contributed by atoms with Gasteiger partial charge in [0.2, 0.25) is 17.6 Å². The zero-order chi connectivity index (χ0) is 21.4. The van der Waals surface area contributed by atoms with Gasteiger partial charge in [0.05, 0.1) is 13.7 Å². The highest BCUT2D eigenvalue weighted by Crippen LogP contribution is 2.47. The van der Waals surface area contributed by atoms with Gasteiger partial charge >= 0.3 is 0 Å². The summed E-state index contributed by atoms with van der Waals surface area (Å²) in [4.78, 5) is 19.3. The largest absolute Gasteiger partial charge is 0.497 e. The molecule has 31 heavy (non-hydrogen) atoms. The van der Waals surface area contributed by atoms with E-state index >= 15 is 0 Å². The molecule has 0 saturated heterocycles. The first-order chi connectivity index (χ1) is 15.1. The normalized spacial score (nSPS) is 19.9. The van der Waals surface area contributed by atoms with Gasteiger partial charge in [0.1, 0.15) is 17.3 Å². The molecular formula is C24H27N3O4. The van der Waals surface area contributed by atoms with Crippen LogP contribution in [-0.2, 0) is 17.8 Å². The van der Waals surface area contributed by atoms with Crippen LogP contribution in [0.3, 0.4) is 0 Å². The van der Waals surface area contributed by atoms with E-state index in [1.807, 2.05) is 35.2 Å². The summed E-state index contributed by atoms with van der Waals surface area (Å²) in [6.07, 6.45) is 4.07. The molecule has 2 aliphatic rings. The Morgan fingerprint density at radius 1 is 1.19 bits per heavy atom. The van der Waals surface area contributed by atoms with Crippen LogP contribution in [0.1, 0.15) is 55.9 Å². The second-order valence-electron chi connectivity index (χ2n) is 8.62. The number of hydrogen-bond acceptors (Lipinski definition) is 6. The lowest BCUT2D eigenvalue weighted by molar-refractivity contribution is -0.132. The van der Waals surface area contributed by atoms with Gasteiger partial charge in [-0.1, -0.05) is 12.1 Å². The third-order valence-electron chi connectivity index (χ3n) is 6.16. The number of benzene rings is 1. The molecule has 7 heteroatoms. The summed E-state index contributed by atoms with van der Waals surface area (Å²) in [6.45, 7) is 2.77. The Kier molecular flexibility index (Phi) is 5.26. The molecule has 1 aromatic carbocycles. The van der Waals surface area contributed by atoms with Crippen LogP contribution in [0, 0.1) is 5.92 Å². The van der Waals surface area contributed by atoms with Gasteiger partial charge in [-0.3, -0.25) is 4.79 Å². The van der Waals surface area contributed by atoms with E-state index in [4.69, 9.17) is 13.7 Å². The third kappa shape index (κ3) is 4.50. The summed E-state index contributed by atoms with van der Waals surface area (Å²) in [5.74, 6) is 5.04. The van der Waals surface area contributed by atoms with Gasteiger partial charge in [-0.15, -0.1) is 0 Å². The first-order valence-electron chi connectivity index (χ1n) is 11.0. The monoisotopic (exact) mass is 421 g/mol. The van der Waals surface area contributed by atoms with Crippen molar-refractivity contribution in [3.8, 4) is 17.1 Å². The van der Waals surface area contributed by atoms with Crippen LogP contribution in [0.4, 0.5) is 0 Å². The summed E-state index contributed by atoms with van der Waals surface area (Å²) in [5, 5.41) is 4.04. The number of furan rings is 1. The zero-order valence-corrected chi connectivity index (χ0v) is 17.9. The average Bonchev–Trinajstić information content (AvgIpc) is 3.66. The predicted octanol–water partition coefficient (Wildman–Crippen LogP) is 4.59. The summed E-state index contributed by atoms with van der Waals surface area (Å²) in [7, 11) is 1.63. The molecule has 0 aliphatic heterocycles. The number of nitrogens with zero attached hydrogens (tertiary/aromatic N) is 3. The van der Waals surface area contributed by atoms with E-state index in [1.54, 1.807) is 7.11 Å². The van der Waals surface area contributed by atoms with Crippen LogP contribution >= 0.6 is 0 Å². The maximum Gasteiger partial charge on any atom is 0.227 e. The minimum atomic E-state index is 0.101. The van der Waals surface area contributed by atoms with Gasteiger partial charge < -0.3 is 18.6 Å². The van der Waals surface area contributed by atoms with E-state index in [0.717, 1.165) is 35.7 Å². The van der Waals surface area contributed by atoms with Crippen molar-refractivity contribution in [2.45, 2.75) is 57.5 Å². The number of amides is 1. The van der Waals surface area contributed by atoms with Crippen molar-refractivity contribution in [2.24, 2.45) is 5.92 Å².